The Hall–Kier alpha value is -2.49. The first kappa shape index (κ1) is 13.6. The highest BCUT2D eigenvalue weighted by Gasteiger charge is 2.23. The summed E-state index contributed by atoms with van der Waals surface area (Å²) in [5.74, 6) is -1.55. The van der Waals surface area contributed by atoms with Gasteiger partial charge < -0.3 is 9.47 Å². The number of esters is 1. The van der Waals surface area contributed by atoms with Crippen LogP contribution in [0.5, 0.6) is 5.75 Å². The number of nitrogens with zero attached hydrogens (tertiary/aromatic N) is 1. The second-order valence-electron chi connectivity index (χ2n) is 3.00. The zero-order valence-corrected chi connectivity index (χ0v) is 9.15. The standard InChI is InChI=1S/C11H7F2NO4/c1-17-10(16)9-7(5-15)6(4-14)2-3-8(9)18-11(12)13/h2-3,5,11H,1H3. The van der Waals surface area contributed by atoms with Gasteiger partial charge in [-0.1, -0.05) is 0 Å². The van der Waals surface area contributed by atoms with Gasteiger partial charge in [-0.15, -0.1) is 0 Å². The molecule has 0 spiro atoms. The van der Waals surface area contributed by atoms with E-state index < -0.39 is 23.9 Å². The van der Waals surface area contributed by atoms with Crippen LogP contribution in [-0.4, -0.2) is 26.0 Å². The Balaban J connectivity index is 3.50. The molecule has 0 bridgehead atoms. The average Bonchev–Trinajstić information content (AvgIpc) is 2.36. The van der Waals surface area contributed by atoms with E-state index in [0.29, 0.717) is 0 Å². The first-order valence-corrected chi connectivity index (χ1v) is 4.60. The lowest BCUT2D eigenvalue weighted by Crippen LogP contribution is -2.13. The van der Waals surface area contributed by atoms with Gasteiger partial charge in [0.1, 0.15) is 11.3 Å². The van der Waals surface area contributed by atoms with Gasteiger partial charge in [-0.3, -0.25) is 4.79 Å². The van der Waals surface area contributed by atoms with Crippen LogP contribution >= 0.6 is 0 Å². The van der Waals surface area contributed by atoms with Gasteiger partial charge in [0, 0.05) is 0 Å². The number of nitriles is 1. The number of hydrogen-bond acceptors (Lipinski definition) is 5. The maximum absolute atomic E-state index is 12.2. The highest BCUT2D eigenvalue weighted by Crippen LogP contribution is 2.26. The molecule has 0 aliphatic carbocycles. The third-order valence-corrected chi connectivity index (χ3v) is 2.05. The Kier molecular flexibility index (Phi) is 4.32. The highest BCUT2D eigenvalue weighted by molar-refractivity contribution is 6.02. The molecule has 1 aromatic carbocycles. The van der Waals surface area contributed by atoms with Gasteiger partial charge in [-0.2, -0.15) is 14.0 Å². The van der Waals surface area contributed by atoms with Crippen LogP contribution in [0.4, 0.5) is 8.78 Å². The van der Waals surface area contributed by atoms with Crippen molar-refractivity contribution in [2.45, 2.75) is 6.61 Å². The van der Waals surface area contributed by atoms with Crippen molar-refractivity contribution in [1.82, 2.24) is 0 Å². The number of benzene rings is 1. The Morgan fingerprint density at radius 3 is 2.61 bits per heavy atom. The Morgan fingerprint density at radius 1 is 1.50 bits per heavy atom. The van der Waals surface area contributed by atoms with Crippen molar-refractivity contribution >= 4 is 12.3 Å². The maximum atomic E-state index is 12.2. The molecule has 94 valence electrons. The lowest BCUT2D eigenvalue weighted by Gasteiger charge is -2.11. The van der Waals surface area contributed by atoms with Crippen LogP contribution in [0.25, 0.3) is 0 Å². The number of carbonyl (C=O) groups is 2. The van der Waals surface area contributed by atoms with Crippen molar-refractivity contribution in [2.75, 3.05) is 7.11 Å². The van der Waals surface area contributed by atoms with Crippen LogP contribution in [0.15, 0.2) is 12.1 Å². The van der Waals surface area contributed by atoms with Gasteiger partial charge in [0.25, 0.3) is 0 Å². The monoisotopic (exact) mass is 255 g/mol. The fourth-order valence-electron chi connectivity index (χ4n) is 1.33. The molecule has 0 aliphatic rings. The molecule has 0 radical (unpaired) electrons. The van der Waals surface area contributed by atoms with Crippen LogP contribution in [0.2, 0.25) is 0 Å². The summed E-state index contributed by atoms with van der Waals surface area (Å²) >= 11 is 0. The Labute approximate surface area is 101 Å². The van der Waals surface area contributed by atoms with E-state index in [9.17, 15) is 18.4 Å². The van der Waals surface area contributed by atoms with Crippen molar-refractivity contribution in [1.29, 1.82) is 5.26 Å². The van der Waals surface area contributed by atoms with E-state index in [1.807, 2.05) is 0 Å². The molecule has 0 fully saturated rings. The Morgan fingerprint density at radius 2 is 2.17 bits per heavy atom. The zero-order valence-electron chi connectivity index (χ0n) is 9.15. The summed E-state index contributed by atoms with van der Waals surface area (Å²) in [6.45, 7) is -3.17. The summed E-state index contributed by atoms with van der Waals surface area (Å²) in [7, 11) is 1.02. The summed E-state index contributed by atoms with van der Waals surface area (Å²) < 4.78 is 32.8. The van der Waals surface area contributed by atoms with Crippen LogP contribution in [0, 0.1) is 11.3 Å². The number of hydrogen-bond donors (Lipinski definition) is 0. The summed E-state index contributed by atoms with van der Waals surface area (Å²) in [5.41, 5.74) is -0.971. The minimum atomic E-state index is -3.17. The second kappa shape index (κ2) is 5.72. The van der Waals surface area contributed by atoms with Gasteiger partial charge in [-0.05, 0) is 12.1 Å². The second-order valence-corrected chi connectivity index (χ2v) is 3.00. The van der Waals surface area contributed by atoms with Crippen LogP contribution in [-0.2, 0) is 4.74 Å². The zero-order chi connectivity index (χ0) is 13.7. The number of carbonyl (C=O) groups excluding carboxylic acids is 2. The molecule has 0 saturated carbocycles. The maximum Gasteiger partial charge on any atom is 0.387 e. The molecule has 7 heteroatoms. The molecule has 18 heavy (non-hydrogen) atoms. The normalized spacial score (nSPS) is 9.72. The largest absolute Gasteiger partial charge is 0.465 e. The van der Waals surface area contributed by atoms with Gasteiger partial charge in [0.15, 0.2) is 6.29 Å². The molecule has 0 saturated heterocycles. The molecule has 0 aliphatic heterocycles. The van der Waals surface area contributed by atoms with Gasteiger partial charge >= 0.3 is 12.6 Å². The van der Waals surface area contributed by atoms with Crippen LogP contribution < -0.4 is 4.74 Å². The van der Waals surface area contributed by atoms with Crippen molar-refractivity contribution in [3.8, 4) is 11.8 Å². The molecule has 0 aromatic heterocycles. The van der Waals surface area contributed by atoms with E-state index in [4.69, 9.17) is 5.26 Å². The average molecular weight is 255 g/mol. The molecule has 0 N–H and O–H groups in total. The Bertz CT molecular complexity index is 523. The number of aldehydes is 1. The molecule has 1 aromatic rings. The van der Waals surface area contributed by atoms with Crippen LogP contribution in [0.3, 0.4) is 0 Å². The summed E-state index contributed by atoms with van der Waals surface area (Å²) in [4.78, 5) is 22.3. The fraction of sp³-hybridized carbons (Fsp3) is 0.182. The third kappa shape index (κ3) is 2.60. The van der Waals surface area contributed by atoms with Gasteiger partial charge in [0.2, 0.25) is 0 Å². The first-order valence-electron chi connectivity index (χ1n) is 4.60. The minimum Gasteiger partial charge on any atom is -0.465 e. The van der Waals surface area contributed by atoms with E-state index >= 15 is 0 Å². The van der Waals surface area contributed by atoms with Crippen molar-refractivity contribution < 1.29 is 27.8 Å². The lowest BCUT2D eigenvalue weighted by molar-refractivity contribution is -0.0504. The van der Waals surface area contributed by atoms with Gasteiger partial charge in [0.05, 0.1) is 24.3 Å². The predicted molar refractivity (Wildman–Crippen MR) is 54.5 cm³/mol. The molecule has 0 unspecified atom stereocenters. The fourth-order valence-corrected chi connectivity index (χ4v) is 1.33. The minimum absolute atomic E-state index is 0.132. The molecule has 0 heterocycles. The number of ether oxygens (including phenoxy) is 2. The van der Waals surface area contributed by atoms with E-state index in [0.717, 1.165) is 19.2 Å². The van der Waals surface area contributed by atoms with E-state index in [1.54, 1.807) is 6.07 Å². The molecular weight excluding hydrogens is 248 g/mol. The summed E-state index contributed by atoms with van der Waals surface area (Å²) in [6, 6.07) is 3.77. The number of halogens is 2. The van der Waals surface area contributed by atoms with Crippen molar-refractivity contribution in [3.63, 3.8) is 0 Å². The molecule has 1 rings (SSSR count). The number of rotatable bonds is 4. The highest BCUT2D eigenvalue weighted by atomic mass is 19.3. The van der Waals surface area contributed by atoms with E-state index in [-0.39, 0.29) is 17.4 Å². The number of methoxy groups -OCH3 is 1. The lowest BCUT2D eigenvalue weighted by atomic mass is 10.0. The van der Waals surface area contributed by atoms with Crippen molar-refractivity contribution in [2.24, 2.45) is 0 Å². The van der Waals surface area contributed by atoms with E-state index in [1.165, 1.54) is 0 Å². The quantitative estimate of drug-likeness (QED) is 0.605. The predicted octanol–water partition coefficient (Wildman–Crippen LogP) is 1.76. The molecule has 5 nitrogen and oxygen atoms in total. The van der Waals surface area contributed by atoms with Crippen molar-refractivity contribution in [3.05, 3.63) is 28.8 Å². The van der Waals surface area contributed by atoms with Gasteiger partial charge in [-0.25, -0.2) is 4.79 Å². The number of alkyl halides is 2. The topological polar surface area (TPSA) is 76.4 Å². The van der Waals surface area contributed by atoms with E-state index in [2.05, 4.69) is 9.47 Å². The molecule has 0 amide bonds. The first-order chi connectivity index (χ1) is 8.54. The molecule has 0 atom stereocenters. The third-order valence-electron chi connectivity index (χ3n) is 2.05. The smallest absolute Gasteiger partial charge is 0.387 e. The molecular formula is C11H7F2NO4. The summed E-state index contributed by atoms with van der Waals surface area (Å²) in [6.07, 6.45) is 0.211. The van der Waals surface area contributed by atoms with Crippen LogP contribution in [0.1, 0.15) is 26.3 Å². The summed E-state index contributed by atoms with van der Waals surface area (Å²) in [5, 5.41) is 8.75. The SMILES string of the molecule is COC(=O)c1c(OC(F)F)ccc(C#N)c1C=O.